The second-order valence-electron chi connectivity index (χ2n) is 13.6. The molecule has 0 spiro atoms. The Bertz CT molecular complexity index is 2420. The number of fused-ring (bicyclic) bond motifs is 4. The average molecular weight is 686 g/mol. The van der Waals surface area contributed by atoms with Gasteiger partial charge in [0.25, 0.3) is 0 Å². The van der Waals surface area contributed by atoms with Gasteiger partial charge in [-0.1, -0.05) is 172 Å². The Kier molecular flexibility index (Phi) is 10.4. The lowest BCUT2D eigenvalue weighted by Crippen LogP contribution is -2.30. The van der Waals surface area contributed by atoms with Gasteiger partial charge in [0.2, 0.25) is 0 Å². The van der Waals surface area contributed by atoms with Gasteiger partial charge in [0, 0.05) is 11.4 Å². The van der Waals surface area contributed by atoms with Crippen molar-refractivity contribution in [2.45, 2.75) is 39.0 Å². The highest BCUT2D eigenvalue weighted by Crippen LogP contribution is 2.57. The largest absolute Gasteiger partial charge is 0.314 e. The molecule has 1 aliphatic rings. The van der Waals surface area contributed by atoms with E-state index in [1.54, 1.807) is 0 Å². The number of allylic oxidation sites excluding steroid dienone is 8. The van der Waals surface area contributed by atoms with E-state index in [9.17, 15) is 0 Å². The highest BCUT2D eigenvalue weighted by Gasteiger charge is 2.47. The smallest absolute Gasteiger partial charge is 0.0716 e. The van der Waals surface area contributed by atoms with Crippen LogP contribution in [-0.2, 0) is 18.3 Å². The molecule has 0 N–H and O–H groups in total. The van der Waals surface area contributed by atoms with E-state index < -0.39 is 5.41 Å². The summed E-state index contributed by atoms with van der Waals surface area (Å²) in [6.45, 7) is 15.0. The quantitative estimate of drug-likeness (QED) is 0.126. The molecular weight excluding hydrogens is 639 g/mol. The topological polar surface area (TPSA) is 4.93 Å². The molecule has 0 atom stereocenters. The summed E-state index contributed by atoms with van der Waals surface area (Å²) in [7, 11) is 0. The van der Waals surface area contributed by atoms with Crippen molar-refractivity contribution in [3.63, 3.8) is 0 Å². The average Bonchev–Trinajstić information content (AvgIpc) is 3.52. The van der Waals surface area contributed by atoms with Crippen LogP contribution in [0.15, 0.2) is 195 Å². The van der Waals surface area contributed by atoms with Crippen molar-refractivity contribution in [1.82, 2.24) is 4.57 Å². The van der Waals surface area contributed by atoms with Crippen molar-refractivity contribution in [3.8, 4) is 16.8 Å². The maximum atomic E-state index is 4.56. The van der Waals surface area contributed by atoms with Crippen molar-refractivity contribution < 1.29 is 0 Å². The lowest BCUT2D eigenvalue weighted by molar-refractivity contribution is 0.754. The van der Waals surface area contributed by atoms with E-state index in [4.69, 9.17) is 0 Å². The number of hydrogen-bond acceptors (Lipinski definition) is 0. The molecule has 53 heavy (non-hydrogen) atoms. The number of nitrogens with zero attached hydrogens (tertiary/aromatic N) is 1. The van der Waals surface area contributed by atoms with Crippen LogP contribution >= 0.6 is 0 Å². The Morgan fingerprint density at radius 2 is 1.38 bits per heavy atom. The third-order valence-corrected chi connectivity index (χ3v) is 10.5. The molecule has 0 bridgehead atoms. The molecule has 0 saturated heterocycles. The molecule has 0 aliphatic heterocycles. The van der Waals surface area contributed by atoms with Crippen LogP contribution in [0.2, 0.25) is 0 Å². The van der Waals surface area contributed by atoms with Gasteiger partial charge in [-0.05, 0) is 118 Å². The minimum atomic E-state index is -0.553. The second-order valence-corrected chi connectivity index (χ2v) is 13.6. The lowest BCUT2D eigenvalue weighted by atomic mass is 9.65. The molecule has 0 unspecified atom stereocenters. The van der Waals surface area contributed by atoms with Crippen molar-refractivity contribution in [2.24, 2.45) is 0 Å². The Morgan fingerprint density at radius 1 is 0.698 bits per heavy atom. The predicted octanol–water partition coefficient (Wildman–Crippen LogP) is 13.4. The number of hydrogen-bond donors (Lipinski definition) is 0. The summed E-state index contributed by atoms with van der Waals surface area (Å²) in [5.74, 6) is 0. The number of aromatic nitrogens is 1. The molecule has 0 amide bonds. The van der Waals surface area contributed by atoms with E-state index in [1.165, 1.54) is 50.1 Å². The van der Waals surface area contributed by atoms with E-state index in [2.05, 4.69) is 195 Å². The third-order valence-electron chi connectivity index (χ3n) is 10.5. The summed E-state index contributed by atoms with van der Waals surface area (Å²) < 4.78 is 2.39. The van der Waals surface area contributed by atoms with E-state index in [1.807, 2.05) is 25.2 Å². The first kappa shape index (κ1) is 35.2. The van der Waals surface area contributed by atoms with Gasteiger partial charge in [0.1, 0.15) is 0 Å². The van der Waals surface area contributed by atoms with Crippen LogP contribution in [0.3, 0.4) is 0 Å². The maximum Gasteiger partial charge on any atom is 0.0716 e. The highest BCUT2D eigenvalue weighted by molar-refractivity contribution is 5.90. The van der Waals surface area contributed by atoms with Crippen molar-refractivity contribution in [2.75, 3.05) is 0 Å². The van der Waals surface area contributed by atoms with Crippen LogP contribution < -0.4 is 0 Å². The van der Waals surface area contributed by atoms with Gasteiger partial charge in [-0.15, -0.1) is 0 Å². The SMILES string of the molecule is C=C/C=C\Cc1cccc2cc(C3(c4cccc(C(=C)/C=C\C=C/C)c4CC)c4ccccc4-c4ccccc43)ccc2n(-c2ccccc2)c(C)c1. The standard InChI is InChI=1S/C52H47N/c1-6-9-12-22-38(4)45-30-21-33-48(44(45)8-3)52(49-31-18-16-28-46(49)47-29-17-19-32-50(47)52)42-34-35-51-41(37-42)25-20-24-40(23-13-10-7-2)36-39(5)53(51)43-26-14-11-15-27-43/h6-7,9-22,24-37H,2,4,8,23H2,1,3,5H3/b9-6-,13-10-,22-12-,25-20?,39-36?,40-24?. The summed E-state index contributed by atoms with van der Waals surface area (Å²) in [5.41, 5.74) is 15.3. The molecule has 0 saturated carbocycles. The van der Waals surface area contributed by atoms with E-state index in [-0.39, 0.29) is 0 Å². The molecule has 0 radical (unpaired) electrons. The van der Waals surface area contributed by atoms with Gasteiger partial charge >= 0.3 is 0 Å². The van der Waals surface area contributed by atoms with E-state index in [0.29, 0.717) is 0 Å². The Labute approximate surface area is 315 Å². The van der Waals surface area contributed by atoms with Crippen LogP contribution in [0.5, 0.6) is 0 Å². The monoisotopic (exact) mass is 685 g/mol. The fourth-order valence-electron chi connectivity index (χ4n) is 8.30. The van der Waals surface area contributed by atoms with Crippen LogP contribution in [-0.4, -0.2) is 4.57 Å². The predicted molar refractivity (Wildman–Crippen MR) is 228 cm³/mol. The van der Waals surface area contributed by atoms with Crippen molar-refractivity contribution in [3.05, 3.63) is 240 Å². The fourth-order valence-corrected chi connectivity index (χ4v) is 8.30. The molecule has 1 heterocycles. The number of aryl methyl sites for hydroxylation is 1. The molecule has 7 rings (SSSR count). The van der Waals surface area contributed by atoms with Crippen LogP contribution in [0.1, 0.15) is 58.5 Å². The minimum absolute atomic E-state index is 0.553. The van der Waals surface area contributed by atoms with Gasteiger partial charge in [0.05, 0.1) is 10.9 Å². The summed E-state index contributed by atoms with van der Waals surface area (Å²) >= 11 is 0. The maximum absolute atomic E-state index is 4.56. The zero-order chi connectivity index (χ0) is 36.8. The first-order valence-electron chi connectivity index (χ1n) is 18.7. The fraction of sp³-hybridized carbons (Fsp3) is 0.115. The van der Waals surface area contributed by atoms with Gasteiger partial charge < -0.3 is 4.57 Å². The van der Waals surface area contributed by atoms with Gasteiger partial charge in [-0.25, -0.2) is 0 Å². The number of rotatable bonds is 10. The second kappa shape index (κ2) is 15.6. The molecule has 5 aromatic carbocycles. The Hall–Kier alpha value is -6.18. The highest BCUT2D eigenvalue weighted by atomic mass is 15.0. The molecule has 1 heteroatoms. The van der Waals surface area contributed by atoms with Gasteiger partial charge in [-0.2, -0.15) is 0 Å². The van der Waals surface area contributed by atoms with Gasteiger partial charge in [0.15, 0.2) is 0 Å². The molecule has 6 aromatic rings. The van der Waals surface area contributed by atoms with Crippen molar-refractivity contribution in [1.29, 1.82) is 0 Å². The molecule has 0 fully saturated rings. The zero-order valence-corrected chi connectivity index (χ0v) is 31.1. The van der Waals surface area contributed by atoms with Gasteiger partial charge in [-0.3, -0.25) is 0 Å². The molecular formula is C52H47N. The Morgan fingerprint density at radius 3 is 2.08 bits per heavy atom. The first-order valence-corrected chi connectivity index (χ1v) is 18.7. The zero-order valence-electron chi connectivity index (χ0n) is 31.1. The normalized spacial score (nSPS) is 13.0. The van der Waals surface area contributed by atoms with Crippen molar-refractivity contribution >= 4 is 16.5 Å². The number of benzene rings is 5. The lowest BCUT2D eigenvalue weighted by Gasteiger charge is -2.36. The molecule has 1 aromatic heterocycles. The Balaban J connectivity index is 1.59. The third kappa shape index (κ3) is 6.45. The van der Waals surface area contributed by atoms with Crippen LogP contribution in [0.4, 0.5) is 0 Å². The van der Waals surface area contributed by atoms with Crippen LogP contribution in [0, 0.1) is 6.92 Å². The minimum Gasteiger partial charge on any atom is -0.314 e. The first-order chi connectivity index (χ1) is 26.0. The molecule has 1 aliphatic carbocycles. The summed E-state index contributed by atoms with van der Waals surface area (Å²) in [6, 6.07) is 51.7. The van der Waals surface area contributed by atoms with E-state index in [0.717, 1.165) is 40.7 Å². The van der Waals surface area contributed by atoms with E-state index >= 15 is 0 Å². The summed E-state index contributed by atoms with van der Waals surface area (Å²) in [6.07, 6.45) is 16.0. The summed E-state index contributed by atoms with van der Waals surface area (Å²) in [5, 5.41) is 1.16. The van der Waals surface area contributed by atoms with Crippen LogP contribution in [0.25, 0.3) is 33.3 Å². The number of para-hydroxylation sites is 1. The summed E-state index contributed by atoms with van der Waals surface area (Å²) in [4.78, 5) is 0. The molecule has 1 nitrogen and oxygen atoms in total. The molecule has 260 valence electrons.